The lowest BCUT2D eigenvalue weighted by molar-refractivity contribution is 0.0921. The summed E-state index contributed by atoms with van der Waals surface area (Å²) in [5, 5.41) is 0. The average molecular weight is 253 g/mol. The lowest BCUT2D eigenvalue weighted by Gasteiger charge is -2.20. The number of carbonyl (C=O) groups excluding carboxylic acids is 1. The van der Waals surface area contributed by atoms with E-state index in [1.54, 1.807) is 0 Å². The van der Waals surface area contributed by atoms with Gasteiger partial charge < -0.3 is 0 Å². The van der Waals surface area contributed by atoms with Crippen LogP contribution >= 0.6 is 0 Å². The number of ketones is 1. The number of hydrogen-bond donors (Lipinski definition) is 0. The Hall–Kier alpha value is -1.29. The third kappa shape index (κ3) is 2.75. The zero-order valence-corrected chi connectivity index (χ0v) is 10.6. The van der Waals surface area contributed by atoms with E-state index in [0.29, 0.717) is 12.0 Å². The molecule has 0 spiro atoms. The van der Waals surface area contributed by atoms with E-state index in [-0.39, 0.29) is 17.9 Å². The molecule has 0 saturated carbocycles. The maximum absolute atomic E-state index is 13.5. The van der Waals surface area contributed by atoms with Crippen molar-refractivity contribution in [3.63, 3.8) is 0 Å². The summed E-state index contributed by atoms with van der Waals surface area (Å²) < 4.78 is 26.2. The largest absolute Gasteiger partial charge is 0.293 e. The zero-order chi connectivity index (χ0) is 13.3. The van der Waals surface area contributed by atoms with Crippen molar-refractivity contribution >= 4 is 5.78 Å². The monoisotopic (exact) mass is 253 g/mol. The second-order valence-corrected chi connectivity index (χ2v) is 5.17. The van der Waals surface area contributed by atoms with Crippen LogP contribution in [0.2, 0.25) is 0 Å². The van der Waals surface area contributed by atoms with Gasteiger partial charge in [-0.1, -0.05) is 6.92 Å². The maximum atomic E-state index is 13.5. The van der Waals surface area contributed by atoms with E-state index >= 15 is 0 Å². The van der Waals surface area contributed by atoms with E-state index in [2.05, 4.69) is 18.7 Å². The van der Waals surface area contributed by atoms with Crippen LogP contribution in [0, 0.1) is 17.6 Å². The Labute approximate surface area is 106 Å². The summed E-state index contributed by atoms with van der Waals surface area (Å²) in [7, 11) is 0. The zero-order valence-electron chi connectivity index (χ0n) is 10.6. The summed E-state index contributed by atoms with van der Waals surface area (Å²) in [6, 6.07) is 3.43. The third-order valence-electron chi connectivity index (χ3n) is 3.49. The van der Waals surface area contributed by atoms with E-state index in [4.69, 9.17) is 0 Å². The second kappa shape index (κ2) is 5.14. The minimum Gasteiger partial charge on any atom is -0.293 e. The van der Waals surface area contributed by atoms with Crippen molar-refractivity contribution in [1.82, 2.24) is 4.90 Å². The van der Waals surface area contributed by atoms with Gasteiger partial charge in [0.2, 0.25) is 0 Å². The van der Waals surface area contributed by atoms with Gasteiger partial charge in [-0.2, -0.15) is 0 Å². The summed E-state index contributed by atoms with van der Waals surface area (Å²) >= 11 is 0. The second-order valence-electron chi connectivity index (χ2n) is 5.17. The molecule has 0 amide bonds. The van der Waals surface area contributed by atoms with Crippen LogP contribution in [0.4, 0.5) is 8.78 Å². The van der Waals surface area contributed by atoms with E-state index in [1.807, 2.05) is 0 Å². The fraction of sp³-hybridized carbons (Fsp3) is 0.500. The Morgan fingerprint density at radius 2 is 2.11 bits per heavy atom. The molecule has 1 saturated heterocycles. The minimum atomic E-state index is -0.778. The Kier molecular flexibility index (Phi) is 3.76. The predicted molar refractivity (Wildman–Crippen MR) is 65.5 cm³/mol. The molecule has 0 radical (unpaired) electrons. The molecule has 2 rings (SSSR count). The Bertz CT molecular complexity index is 461. The molecule has 4 heteroatoms. The molecule has 0 aliphatic carbocycles. The van der Waals surface area contributed by atoms with Crippen molar-refractivity contribution in [2.24, 2.45) is 5.92 Å². The first-order valence-electron chi connectivity index (χ1n) is 6.19. The molecule has 2 atom stereocenters. The summed E-state index contributed by atoms with van der Waals surface area (Å²) in [6.45, 7) is 5.26. The fourth-order valence-corrected chi connectivity index (χ4v) is 2.59. The first-order valence-corrected chi connectivity index (χ1v) is 6.19. The fourth-order valence-electron chi connectivity index (χ4n) is 2.59. The standard InChI is InChI=1S/C14H17F2NO/c1-9-5-10(2)17(7-9)8-14(18)12-4-3-11(15)6-13(12)16/h3-4,6,9-10H,5,7-8H2,1-2H3. The van der Waals surface area contributed by atoms with Gasteiger partial charge in [-0.3, -0.25) is 9.69 Å². The van der Waals surface area contributed by atoms with Crippen molar-refractivity contribution in [2.45, 2.75) is 26.3 Å². The van der Waals surface area contributed by atoms with Crippen molar-refractivity contribution in [2.75, 3.05) is 13.1 Å². The molecule has 1 aliphatic heterocycles. The topological polar surface area (TPSA) is 20.3 Å². The molecule has 1 fully saturated rings. The highest BCUT2D eigenvalue weighted by atomic mass is 19.1. The smallest absolute Gasteiger partial charge is 0.179 e. The highest BCUT2D eigenvalue weighted by Crippen LogP contribution is 2.22. The van der Waals surface area contributed by atoms with E-state index in [9.17, 15) is 13.6 Å². The van der Waals surface area contributed by atoms with Gasteiger partial charge in [0.05, 0.1) is 12.1 Å². The normalized spacial score (nSPS) is 24.4. The Balaban J connectivity index is 2.08. The summed E-state index contributed by atoms with van der Waals surface area (Å²) in [6.07, 6.45) is 1.05. The minimum absolute atomic E-state index is 0.0249. The highest BCUT2D eigenvalue weighted by Gasteiger charge is 2.28. The molecule has 0 aromatic heterocycles. The summed E-state index contributed by atoms with van der Waals surface area (Å²) in [5.41, 5.74) is -0.0249. The SMILES string of the molecule is CC1CC(C)N(CC(=O)c2ccc(F)cc2F)C1. The first kappa shape index (κ1) is 13.1. The van der Waals surface area contributed by atoms with Crippen LogP contribution in [0.15, 0.2) is 18.2 Å². The van der Waals surface area contributed by atoms with Crippen molar-refractivity contribution in [3.8, 4) is 0 Å². The van der Waals surface area contributed by atoms with Crippen LogP contribution in [0.25, 0.3) is 0 Å². The number of benzene rings is 1. The van der Waals surface area contributed by atoms with Crippen LogP contribution in [0.3, 0.4) is 0 Å². The Morgan fingerprint density at radius 3 is 2.67 bits per heavy atom. The van der Waals surface area contributed by atoms with Gasteiger partial charge >= 0.3 is 0 Å². The van der Waals surface area contributed by atoms with E-state index in [0.717, 1.165) is 25.1 Å². The van der Waals surface area contributed by atoms with Crippen LogP contribution in [-0.2, 0) is 0 Å². The van der Waals surface area contributed by atoms with Gasteiger partial charge in [0.15, 0.2) is 5.78 Å². The molecule has 1 heterocycles. The van der Waals surface area contributed by atoms with Crippen LogP contribution in [0.5, 0.6) is 0 Å². The van der Waals surface area contributed by atoms with E-state index in [1.165, 1.54) is 6.07 Å². The summed E-state index contributed by atoms with van der Waals surface area (Å²) in [4.78, 5) is 14.0. The van der Waals surface area contributed by atoms with Gasteiger partial charge in [-0.05, 0) is 31.4 Å². The number of carbonyl (C=O) groups is 1. The lowest BCUT2D eigenvalue weighted by Crippen LogP contribution is -2.33. The number of nitrogens with zero attached hydrogens (tertiary/aromatic N) is 1. The molecule has 18 heavy (non-hydrogen) atoms. The number of halogens is 2. The van der Waals surface area contributed by atoms with Gasteiger partial charge in [-0.15, -0.1) is 0 Å². The maximum Gasteiger partial charge on any atom is 0.179 e. The van der Waals surface area contributed by atoms with Crippen LogP contribution in [-0.4, -0.2) is 29.8 Å². The summed E-state index contributed by atoms with van der Waals surface area (Å²) in [5.74, 6) is -1.16. The lowest BCUT2D eigenvalue weighted by atomic mass is 10.1. The molecule has 1 aromatic carbocycles. The van der Waals surface area contributed by atoms with Gasteiger partial charge in [0.1, 0.15) is 11.6 Å². The third-order valence-corrected chi connectivity index (χ3v) is 3.49. The predicted octanol–water partition coefficient (Wildman–Crippen LogP) is 2.88. The molecule has 0 bridgehead atoms. The Morgan fingerprint density at radius 1 is 1.39 bits per heavy atom. The highest BCUT2D eigenvalue weighted by molar-refractivity contribution is 5.97. The molecular weight excluding hydrogens is 236 g/mol. The van der Waals surface area contributed by atoms with Crippen molar-refractivity contribution < 1.29 is 13.6 Å². The molecule has 98 valence electrons. The molecular formula is C14H17F2NO. The quantitative estimate of drug-likeness (QED) is 0.772. The molecule has 1 aromatic rings. The molecule has 2 nitrogen and oxygen atoms in total. The number of likely N-dealkylation sites (tertiary alicyclic amines) is 1. The number of Topliss-reactive ketones (excluding diaryl/α,β-unsaturated/α-hetero) is 1. The molecule has 1 aliphatic rings. The van der Waals surface area contributed by atoms with Gasteiger partial charge in [0, 0.05) is 18.7 Å². The van der Waals surface area contributed by atoms with Crippen LogP contribution in [0.1, 0.15) is 30.6 Å². The van der Waals surface area contributed by atoms with Gasteiger partial charge in [-0.25, -0.2) is 8.78 Å². The number of rotatable bonds is 3. The molecule has 0 N–H and O–H groups in total. The van der Waals surface area contributed by atoms with Crippen LogP contribution < -0.4 is 0 Å². The van der Waals surface area contributed by atoms with E-state index < -0.39 is 11.6 Å². The molecule has 2 unspecified atom stereocenters. The van der Waals surface area contributed by atoms with Crippen molar-refractivity contribution in [1.29, 1.82) is 0 Å². The van der Waals surface area contributed by atoms with Gasteiger partial charge in [0.25, 0.3) is 0 Å². The van der Waals surface area contributed by atoms with Crippen molar-refractivity contribution in [3.05, 3.63) is 35.4 Å². The first-order chi connectivity index (χ1) is 8.47. The number of hydrogen-bond acceptors (Lipinski definition) is 2. The average Bonchev–Trinajstić information content (AvgIpc) is 2.57.